The summed E-state index contributed by atoms with van der Waals surface area (Å²) in [5.41, 5.74) is 5.69. The molecule has 0 aliphatic heterocycles. The molecule has 0 saturated carbocycles. The van der Waals surface area contributed by atoms with Crippen molar-refractivity contribution >= 4 is 45.3 Å². The van der Waals surface area contributed by atoms with Crippen molar-refractivity contribution in [3.8, 4) is 5.69 Å². The number of nitrogens with two attached hydrogens (primary N) is 1. The smallest absolute Gasteiger partial charge is 0.318 e. The summed E-state index contributed by atoms with van der Waals surface area (Å²) in [7, 11) is 0. The predicted octanol–water partition coefficient (Wildman–Crippen LogP) is 3.00. The first-order valence-corrected chi connectivity index (χ1v) is 11.2. The largest absolute Gasteiger partial charge is 0.351 e. The molecule has 7 nitrogen and oxygen atoms in total. The fourth-order valence-electron chi connectivity index (χ4n) is 3.62. The highest BCUT2D eigenvalue weighted by molar-refractivity contribution is 7.99. The van der Waals surface area contributed by atoms with E-state index in [9.17, 15) is 18.8 Å². The maximum absolute atomic E-state index is 14.6. The number of carbonyl (C=O) groups is 2. The number of nitrogens with one attached hydrogen (secondary N) is 1. The number of benzene rings is 1. The van der Waals surface area contributed by atoms with Crippen LogP contribution in [-0.2, 0) is 17.6 Å². The molecule has 0 bridgehead atoms. The van der Waals surface area contributed by atoms with Crippen molar-refractivity contribution in [3.05, 3.63) is 50.9 Å². The van der Waals surface area contributed by atoms with Crippen molar-refractivity contribution in [2.24, 2.45) is 11.7 Å². The monoisotopic (exact) mass is 446 g/mol. The molecule has 2 aromatic heterocycles. The lowest BCUT2D eigenvalue weighted by Gasteiger charge is -2.18. The second kappa shape index (κ2) is 8.19. The molecule has 10 heteroatoms. The van der Waals surface area contributed by atoms with Gasteiger partial charge in [0, 0.05) is 4.88 Å². The van der Waals surface area contributed by atoms with Crippen LogP contribution in [0.25, 0.3) is 15.9 Å². The van der Waals surface area contributed by atoms with Crippen LogP contribution in [0.4, 0.5) is 9.18 Å². The number of para-hydroxylation sites is 1. The molecule has 0 fully saturated rings. The Balaban J connectivity index is 1.87. The van der Waals surface area contributed by atoms with Crippen molar-refractivity contribution < 1.29 is 14.0 Å². The lowest BCUT2D eigenvalue weighted by molar-refractivity contribution is -0.117. The van der Waals surface area contributed by atoms with Crippen molar-refractivity contribution in [2.45, 2.75) is 31.3 Å². The molecular weight excluding hydrogens is 427 g/mol. The van der Waals surface area contributed by atoms with Gasteiger partial charge in [-0.15, -0.1) is 11.3 Å². The minimum Gasteiger partial charge on any atom is -0.351 e. The number of fused-ring (bicyclic) bond motifs is 3. The van der Waals surface area contributed by atoms with Crippen molar-refractivity contribution in [3.63, 3.8) is 0 Å². The highest BCUT2D eigenvalue weighted by Crippen LogP contribution is 2.37. The average Bonchev–Trinajstić information content (AvgIpc) is 3.04. The summed E-state index contributed by atoms with van der Waals surface area (Å²) in [6.45, 7) is 2.18. The maximum atomic E-state index is 14.6. The van der Waals surface area contributed by atoms with Crippen LogP contribution >= 0.6 is 23.1 Å². The number of thiophene rings is 1. The number of hydrogen-bond donors (Lipinski definition) is 2. The van der Waals surface area contributed by atoms with Gasteiger partial charge in [-0.25, -0.2) is 14.2 Å². The zero-order valence-corrected chi connectivity index (χ0v) is 17.7. The minimum atomic E-state index is -0.962. The molecule has 4 rings (SSSR count). The number of rotatable bonds is 4. The molecule has 1 aliphatic rings. The van der Waals surface area contributed by atoms with E-state index < -0.39 is 17.8 Å². The number of amides is 3. The lowest BCUT2D eigenvalue weighted by Crippen LogP contribution is -2.36. The van der Waals surface area contributed by atoms with Crippen LogP contribution in [-0.4, -0.2) is 27.2 Å². The molecule has 156 valence electrons. The quantitative estimate of drug-likeness (QED) is 0.473. The number of carbonyl (C=O) groups excluding carboxylic acids is 2. The van der Waals surface area contributed by atoms with Gasteiger partial charge in [0.25, 0.3) is 5.56 Å². The Morgan fingerprint density at radius 1 is 1.40 bits per heavy atom. The summed E-state index contributed by atoms with van der Waals surface area (Å²) >= 11 is 2.43. The first kappa shape index (κ1) is 20.5. The molecular formula is C20H19FN4O3S2. The van der Waals surface area contributed by atoms with E-state index in [1.807, 2.05) is 5.32 Å². The Hall–Kier alpha value is -2.72. The van der Waals surface area contributed by atoms with E-state index in [-0.39, 0.29) is 22.2 Å². The Morgan fingerprint density at radius 3 is 2.90 bits per heavy atom. The third kappa shape index (κ3) is 3.84. The summed E-state index contributed by atoms with van der Waals surface area (Å²) in [5.74, 6) is -0.855. The molecule has 0 radical (unpaired) electrons. The molecule has 3 aromatic rings. The number of aryl methyl sites for hydroxylation is 1. The number of urea groups is 1. The number of halogens is 1. The van der Waals surface area contributed by atoms with Gasteiger partial charge in [-0.05, 0) is 42.9 Å². The van der Waals surface area contributed by atoms with E-state index in [1.54, 1.807) is 6.07 Å². The predicted molar refractivity (Wildman–Crippen MR) is 115 cm³/mol. The van der Waals surface area contributed by atoms with Crippen molar-refractivity contribution in [1.29, 1.82) is 0 Å². The van der Waals surface area contributed by atoms with Crippen LogP contribution in [0.2, 0.25) is 0 Å². The standard InChI is InChI=1S/C20H19FN4O3S2/c1-10-6-7-11-14(8-10)30-17-16(11)18(27)25(13-5-3-2-4-12(13)21)20(24-17)29-9-15(26)23-19(22)28/h2-5,10H,6-9H2,1H3,(H3,22,23,26,28)/t10-/m0/s1. The van der Waals surface area contributed by atoms with Crippen LogP contribution in [0.3, 0.4) is 0 Å². The summed E-state index contributed by atoms with van der Waals surface area (Å²) in [5, 5.41) is 2.68. The molecule has 2 heterocycles. The number of primary amides is 1. The zero-order valence-electron chi connectivity index (χ0n) is 16.1. The Kier molecular flexibility index (Phi) is 5.61. The first-order chi connectivity index (χ1) is 14.3. The van der Waals surface area contributed by atoms with Crippen LogP contribution in [0.5, 0.6) is 0 Å². The van der Waals surface area contributed by atoms with Crippen LogP contribution in [0.1, 0.15) is 23.8 Å². The second-order valence-electron chi connectivity index (χ2n) is 7.22. The van der Waals surface area contributed by atoms with Gasteiger partial charge in [0.15, 0.2) is 5.16 Å². The molecule has 0 unspecified atom stereocenters. The van der Waals surface area contributed by atoms with E-state index >= 15 is 0 Å². The zero-order chi connectivity index (χ0) is 21.4. The van der Waals surface area contributed by atoms with Crippen molar-refractivity contribution in [1.82, 2.24) is 14.9 Å². The summed E-state index contributed by atoms with van der Waals surface area (Å²) in [4.78, 5) is 42.6. The highest BCUT2D eigenvalue weighted by Gasteiger charge is 2.26. The highest BCUT2D eigenvalue weighted by atomic mass is 32.2. The van der Waals surface area contributed by atoms with E-state index in [4.69, 9.17) is 5.73 Å². The van der Waals surface area contributed by atoms with Crippen LogP contribution in [0.15, 0.2) is 34.2 Å². The first-order valence-electron chi connectivity index (χ1n) is 9.39. The van der Waals surface area contributed by atoms with Gasteiger partial charge in [-0.1, -0.05) is 30.8 Å². The van der Waals surface area contributed by atoms with Crippen molar-refractivity contribution in [2.75, 3.05) is 5.75 Å². The Labute approximate surface area is 179 Å². The topological polar surface area (TPSA) is 107 Å². The van der Waals surface area contributed by atoms with Gasteiger partial charge in [0.2, 0.25) is 5.91 Å². The van der Waals surface area contributed by atoms with Crippen LogP contribution < -0.4 is 16.6 Å². The third-order valence-electron chi connectivity index (χ3n) is 4.99. The summed E-state index contributed by atoms with van der Waals surface area (Å²) < 4.78 is 15.8. The van der Waals surface area contributed by atoms with E-state index in [0.717, 1.165) is 41.5 Å². The fraction of sp³-hybridized carbons (Fsp3) is 0.300. The SMILES string of the molecule is C[C@H]1CCc2c(sc3nc(SCC(=O)NC(N)=O)n(-c4ccccc4F)c(=O)c23)C1. The lowest BCUT2D eigenvalue weighted by atomic mass is 9.89. The molecule has 0 saturated heterocycles. The Bertz CT molecular complexity index is 1220. The molecule has 1 aromatic carbocycles. The third-order valence-corrected chi connectivity index (χ3v) is 7.07. The number of thioether (sulfide) groups is 1. The van der Waals surface area contributed by atoms with E-state index in [1.165, 1.54) is 34.1 Å². The summed E-state index contributed by atoms with van der Waals surface area (Å²) in [6, 6.07) is 4.98. The molecule has 30 heavy (non-hydrogen) atoms. The van der Waals surface area contributed by atoms with Gasteiger partial charge < -0.3 is 5.73 Å². The van der Waals surface area contributed by atoms with Crippen LogP contribution in [0, 0.1) is 11.7 Å². The average molecular weight is 447 g/mol. The molecule has 0 spiro atoms. The van der Waals surface area contributed by atoms with Gasteiger partial charge >= 0.3 is 6.03 Å². The molecule has 3 N–H and O–H groups in total. The van der Waals surface area contributed by atoms with Gasteiger partial charge in [0.1, 0.15) is 10.6 Å². The molecule has 1 aliphatic carbocycles. The second-order valence-corrected chi connectivity index (χ2v) is 9.25. The normalized spacial score (nSPS) is 15.7. The molecule has 1 atom stereocenters. The van der Waals surface area contributed by atoms with E-state index in [2.05, 4.69) is 11.9 Å². The fourth-order valence-corrected chi connectivity index (χ4v) is 5.85. The summed E-state index contributed by atoms with van der Waals surface area (Å²) in [6.07, 6.45) is 2.67. The number of nitrogens with zero attached hydrogens (tertiary/aromatic N) is 2. The number of hydrogen-bond acceptors (Lipinski definition) is 6. The van der Waals surface area contributed by atoms with Gasteiger partial charge in [-0.3, -0.25) is 19.5 Å². The molecule has 3 amide bonds. The minimum absolute atomic E-state index is 0.0684. The van der Waals surface area contributed by atoms with Gasteiger partial charge in [0.05, 0.1) is 16.8 Å². The maximum Gasteiger partial charge on any atom is 0.318 e. The van der Waals surface area contributed by atoms with Gasteiger partial charge in [-0.2, -0.15) is 0 Å². The van der Waals surface area contributed by atoms with E-state index in [0.29, 0.717) is 16.1 Å². The number of aromatic nitrogens is 2. The number of imide groups is 1. The Morgan fingerprint density at radius 2 is 2.17 bits per heavy atom.